The molecule has 0 bridgehead atoms. The fourth-order valence-corrected chi connectivity index (χ4v) is 3.82. The van der Waals surface area contributed by atoms with Gasteiger partial charge in [0.15, 0.2) is 5.76 Å². The van der Waals surface area contributed by atoms with Crippen molar-refractivity contribution >= 4 is 11.8 Å². The highest BCUT2D eigenvalue weighted by Crippen LogP contribution is 2.32. The molecule has 1 fully saturated rings. The van der Waals surface area contributed by atoms with Crippen molar-refractivity contribution in [3.05, 3.63) is 83.8 Å². The molecule has 2 aromatic carbocycles. The van der Waals surface area contributed by atoms with Crippen molar-refractivity contribution in [2.45, 2.75) is 25.1 Å². The number of benzene rings is 2. The molecule has 8 heteroatoms. The Morgan fingerprint density at radius 1 is 0.938 bits per heavy atom. The monoisotopic (exact) mass is 442 g/mol. The van der Waals surface area contributed by atoms with Crippen LogP contribution < -0.4 is 5.32 Å². The van der Waals surface area contributed by atoms with Gasteiger partial charge in [-0.3, -0.25) is 9.59 Å². The van der Waals surface area contributed by atoms with E-state index in [0.29, 0.717) is 42.6 Å². The highest BCUT2D eigenvalue weighted by atomic mass is 19.4. The standard InChI is InChI=1S/C24H21F3N2O3/c25-24(26,27)17-9-7-16(8-10-17)19-4-1-2-5-20(19)22(30)28-18-11-13-29(14-12-18)23(31)21-6-3-15-32-21/h1-10,15,18H,11-14H2,(H,28,30). The predicted molar refractivity (Wildman–Crippen MR) is 112 cm³/mol. The highest BCUT2D eigenvalue weighted by Gasteiger charge is 2.30. The molecule has 166 valence electrons. The number of hydrogen-bond donors (Lipinski definition) is 1. The maximum absolute atomic E-state index is 12.9. The molecule has 0 atom stereocenters. The SMILES string of the molecule is O=C(NC1CCN(C(=O)c2ccco2)CC1)c1ccccc1-c1ccc(C(F)(F)F)cc1. The molecule has 0 radical (unpaired) electrons. The first kappa shape index (κ1) is 21.7. The molecule has 1 aliphatic rings. The maximum Gasteiger partial charge on any atom is 0.416 e. The molecule has 0 saturated carbocycles. The first-order chi connectivity index (χ1) is 15.3. The van der Waals surface area contributed by atoms with Gasteiger partial charge in [-0.05, 0) is 54.3 Å². The number of likely N-dealkylation sites (tertiary alicyclic amines) is 1. The summed E-state index contributed by atoms with van der Waals surface area (Å²) in [7, 11) is 0. The molecule has 3 aromatic rings. The van der Waals surface area contributed by atoms with Crippen LogP contribution in [0.5, 0.6) is 0 Å². The lowest BCUT2D eigenvalue weighted by Crippen LogP contribution is -2.46. The van der Waals surface area contributed by atoms with Gasteiger partial charge in [-0.25, -0.2) is 0 Å². The van der Waals surface area contributed by atoms with E-state index in [4.69, 9.17) is 4.42 Å². The molecule has 4 rings (SSSR count). The Hall–Kier alpha value is -3.55. The van der Waals surface area contributed by atoms with Gasteiger partial charge in [0.1, 0.15) is 0 Å². The third-order valence-electron chi connectivity index (χ3n) is 5.54. The Morgan fingerprint density at radius 2 is 1.62 bits per heavy atom. The average Bonchev–Trinajstić information content (AvgIpc) is 3.34. The third-order valence-corrected chi connectivity index (χ3v) is 5.54. The van der Waals surface area contributed by atoms with Crippen LogP contribution in [0.3, 0.4) is 0 Å². The van der Waals surface area contributed by atoms with Crippen molar-refractivity contribution in [1.82, 2.24) is 10.2 Å². The van der Waals surface area contributed by atoms with Crippen LogP contribution in [0.4, 0.5) is 13.2 Å². The van der Waals surface area contributed by atoms with Gasteiger partial charge in [-0.15, -0.1) is 0 Å². The van der Waals surface area contributed by atoms with Crippen LogP contribution in [0.2, 0.25) is 0 Å². The summed E-state index contributed by atoms with van der Waals surface area (Å²) < 4.78 is 43.7. The van der Waals surface area contributed by atoms with Crippen molar-refractivity contribution in [3.63, 3.8) is 0 Å². The van der Waals surface area contributed by atoms with E-state index in [-0.39, 0.29) is 23.6 Å². The first-order valence-electron chi connectivity index (χ1n) is 10.2. The van der Waals surface area contributed by atoms with E-state index in [2.05, 4.69) is 5.32 Å². The lowest BCUT2D eigenvalue weighted by atomic mass is 9.97. The number of furan rings is 1. The number of alkyl halides is 3. The van der Waals surface area contributed by atoms with E-state index in [9.17, 15) is 22.8 Å². The van der Waals surface area contributed by atoms with Crippen molar-refractivity contribution in [2.75, 3.05) is 13.1 Å². The third kappa shape index (κ3) is 4.69. The molecule has 1 N–H and O–H groups in total. The second-order valence-electron chi connectivity index (χ2n) is 7.64. The maximum atomic E-state index is 12.9. The number of carbonyl (C=O) groups is 2. The minimum atomic E-state index is -4.41. The number of halogens is 3. The van der Waals surface area contributed by atoms with Crippen LogP contribution in [-0.4, -0.2) is 35.8 Å². The number of hydrogen-bond acceptors (Lipinski definition) is 3. The summed E-state index contributed by atoms with van der Waals surface area (Å²) in [5.41, 5.74) is 0.743. The molecule has 1 aliphatic heterocycles. The molecule has 2 amide bonds. The average molecular weight is 442 g/mol. The molecule has 1 saturated heterocycles. The fourth-order valence-electron chi connectivity index (χ4n) is 3.82. The van der Waals surface area contributed by atoms with Gasteiger partial charge in [-0.1, -0.05) is 30.3 Å². The zero-order valence-electron chi connectivity index (χ0n) is 17.1. The molecule has 32 heavy (non-hydrogen) atoms. The first-order valence-corrected chi connectivity index (χ1v) is 10.2. The summed E-state index contributed by atoms with van der Waals surface area (Å²) in [5, 5.41) is 2.99. The predicted octanol–water partition coefficient (Wildman–Crippen LogP) is 5.00. The Kier molecular flexibility index (Phi) is 6.03. The van der Waals surface area contributed by atoms with E-state index in [0.717, 1.165) is 12.1 Å². The van der Waals surface area contributed by atoms with Crippen molar-refractivity contribution in [1.29, 1.82) is 0 Å². The van der Waals surface area contributed by atoms with Crippen LogP contribution >= 0.6 is 0 Å². The number of carbonyl (C=O) groups excluding carboxylic acids is 2. The number of piperidine rings is 1. The number of amides is 2. The Labute approximate surface area is 182 Å². The van der Waals surface area contributed by atoms with Crippen LogP contribution in [0.1, 0.15) is 39.3 Å². The van der Waals surface area contributed by atoms with E-state index >= 15 is 0 Å². The van der Waals surface area contributed by atoms with Gasteiger partial charge in [0, 0.05) is 24.7 Å². The normalized spacial score (nSPS) is 14.9. The molecule has 0 unspecified atom stereocenters. The lowest BCUT2D eigenvalue weighted by molar-refractivity contribution is -0.137. The van der Waals surface area contributed by atoms with Crippen LogP contribution in [0.25, 0.3) is 11.1 Å². The summed E-state index contributed by atoms with van der Waals surface area (Å²) in [6.45, 7) is 0.982. The molecular formula is C24H21F3N2O3. The zero-order valence-corrected chi connectivity index (χ0v) is 17.1. The molecule has 1 aromatic heterocycles. The number of rotatable bonds is 4. The second kappa shape index (κ2) is 8.90. The topological polar surface area (TPSA) is 62.6 Å². The van der Waals surface area contributed by atoms with Crippen LogP contribution in [-0.2, 0) is 6.18 Å². The second-order valence-corrected chi connectivity index (χ2v) is 7.64. The summed E-state index contributed by atoms with van der Waals surface area (Å²) in [5.74, 6) is -0.179. The number of nitrogens with one attached hydrogen (secondary N) is 1. The molecular weight excluding hydrogens is 421 g/mol. The van der Waals surface area contributed by atoms with Gasteiger partial charge in [0.05, 0.1) is 11.8 Å². The van der Waals surface area contributed by atoms with E-state index in [1.165, 1.54) is 18.4 Å². The molecule has 0 spiro atoms. The van der Waals surface area contributed by atoms with Gasteiger partial charge < -0.3 is 14.6 Å². The Morgan fingerprint density at radius 3 is 2.25 bits per heavy atom. The van der Waals surface area contributed by atoms with Crippen molar-refractivity contribution in [2.24, 2.45) is 0 Å². The van der Waals surface area contributed by atoms with Crippen LogP contribution in [0.15, 0.2) is 71.3 Å². The smallest absolute Gasteiger partial charge is 0.416 e. The van der Waals surface area contributed by atoms with Gasteiger partial charge in [0.25, 0.3) is 11.8 Å². The summed E-state index contributed by atoms with van der Waals surface area (Å²) >= 11 is 0. The summed E-state index contributed by atoms with van der Waals surface area (Å²) in [6.07, 6.45) is -1.77. The van der Waals surface area contributed by atoms with Crippen molar-refractivity contribution in [3.8, 4) is 11.1 Å². The largest absolute Gasteiger partial charge is 0.459 e. The van der Waals surface area contributed by atoms with E-state index in [1.807, 2.05) is 0 Å². The van der Waals surface area contributed by atoms with Gasteiger partial charge in [-0.2, -0.15) is 13.2 Å². The minimum Gasteiger partial charge on any atom is -0.459 e. The molecule has 0 aliphatic carbocycles. The van der Waals surface area contributed by atoms with Crippen LogP contribution in [0, 0.1) is 0 Å². The molecule has 2 heterocycles. The number of nitrogens with zero attached hydrogens (tertiary/aromatic N) is 1. The molecule has 5 nitrogen and oxygen atoms in total. The summed E-state index contributed by atoms with van der Waals surface area (Å²) in [4.78, 5) is 27.0. The quantitative estimate of drug-likeness (QED) is 0.619. The lowest BCUT2D eigenvalue weighted by Gasteiger charge is -2.32. The van der Waals surface area contributed by atoms with E-state index in [1.54, 1.807) is 41.3 Å². The van der Waals surface area contributed by atoms with Gasteiger partial charge >= 0.3 is 6.18 Å². The highest BCUT2D eigenvalue weighted by molar-refractivity contribution is 6.01. The Balaban J connectivity index is 1.42. The minimum absolute atomic E-state index is 0.108. The Bertz CT molecular complexity index is 1080. The zero-order chi connectivity index (χ0) is 22.7. The van der Waals surface area contributed by atoms with Crippen molar-refractivity contribution < 1.29 is 27.2 Å². The van der Waals surface area contributed by atoms with Gasteiger partial charge in [0.2, 0.25) is 0 Å². The van der Waals surface area contributed by atoms with E-state index < -0.39 is 11.7 Å². The summed E-state index contributed by atoms with van der Waals surface area (Å²) in [6, 6.07) is 14.7. The fraction of sp³-hybridized carbons (Fsp3) is 0.250.